The highest BCUT2D eigenvalue weighted by Gasteiger charge is 2.32. The average Bonchev–Trinajstić information content (AvgIpc) is 2.02. The van der Waals surface area contributed by atoms with E-state index in [-0.39, 0.29) is 5.03 Å². The van der Waals surface area contributed by atoms with E-state index in [0.29, 0.717) is 5.41 Å². The van der Waals surface area contributed by atoms with Gasteiger partial charge in [-0.1, -0.05) is 0 Å². The van der Waals surface area contributed by atoms with E-state index in [0.717, 1.165) is 4.73 Å². The fourth-order valence-corrected chi connectivity index (χ4v) is 2.07. The molecule has 0 amide bonds. The summed E-state index contributed by atoms with van der Waals surface area (Å²) in [7, 11) is -3.57. The lowest BCUT2D eigenvalue weighted by molar-refractivity contribution is -0.914. The lowest BCUT2D eigenvalue weighted by Gasteiger charge is -2.04. The number of nitrogens with zero attached hydrogens (tertiary/aromatic N) is 1. The van der Waals surface area contributed by atoms with E-state index >= 15 is 0 Å². The third-order valence-electron chi connectivity index (χ3n) is 1.53. The lowest BCUT2D eigenvalue weighted by Crippen LogP contribution is -2.48. The van der Waals surface area contributed by atoms with Gasteiger partial charge in [0.15, 0.2) is 0 Å². The largest absolute Gasteiger partial charge is 0.476 e. The first-order valence-corrected chi connectivity index (χ1v) is 4.99. The van der Waals surface area contributed by atoms with E-state index in [1.807, 2.05) is 0 Å². The summed E-state index contributed by atoms with van der Waals surface area (Å²) in [6.07, 6.45) is 1.40. The molecule has 0 radical (unpaired) electrons. The Hall–Kier alpha value is -1.56. The first kappa shape index (κ1) is 8.06. The van der Waals surface area contributed by atoms with Crippen molar-refractivity contribution in [2.45, 2.75) is 5.03 Å². The number of fused-ring (bicyclic) bond motifs is 1. The van der Waals surface area contributed by atoms with Gasteiger partial charge < -0.3 is 5.11 Å². The first-order chi connectivity index (χ1) is 6.09. The standard InChI is InChI=1S/C7H5NO4S/c9-7-5-13(10,11)6-3-1-2-4-8(6)12-7/h1-5H/p+1. The number of aliphatic hydroxyl groups excluding tert-OH is 1. The Bertz CT molecular complexity index is 477. The Morgan fingerprint density at radius 2 is 2.15 bits per heavy atom. The van der Waals surface area contributed by atoms with E-state index < -0.39 is 15.8 Å². The molecule has 2 rings (SSSR count). The van der Waals surface area contributed by atoms with E-state index in [1.165, 1.54) is 12.3 Å². The number of rotatable bonds is 0. The van der Waals surface area contributed by atoms with Crippen molar-refractivity contribution in [1.82, 2.24) is 0 Å². The first-order valence-electron chi connectivity index (χ1n) is 3.44. The van der Waals surface area contributed by atoms with E-state index in [2.05, 4.69) is 0 Å². The second-order valence-corrected chi connectivity index (χ2v) is 4.20. The molecule has 5 nitrogen and oxygen atoms in total. The highest BCUT2D eigenvalue weighted by atomic mass is 32.2. The van der Waals surface area contributed by atoms with Gasteiger partial charge in [0.05, 0.1) is 0 Å². The summed E-state index contributed by atoms with van der Waals surface area (Å²) in [5.74, 6) is -0.635. The van der Waals surface area contributed by atoms with Crippen molar-refractivity contribution < 1.29 is 23.1 Å². The SMILES string of the molecule is O=S1(=O)C=C(O)O[n+]2ccccc21. The molecule has 0 aliphatic carbocycles. The van der Waals surface area contributed by atoms with Crippen LogP contribution in [-0.4, -0.2) is 13.5 Å². The van der Waals surface area contributed by atoms with Crippen LogP contribution in [0.4, 0.5) is 0 Å². The molecule has 13 heavy (non-hydrogen) atoms. The van der Waals surface area contributed by atoms with Crippen molar-refractivity contribution in [3.8, 4) is 0 Å². The quantitative estimate of drug-likeness (QED) is 0.576. The molecule has 0 saturated carbocycles. The van der Waals surface area contributed by atoms with E-state index in [1.54, 1.807) is 12.1 Å². The zero-order valence-electron chi connectivity index (χ0n) is 6.41. The van der Waals surface area contributed by atoms with Crippen molar-refractivity contribution >= 4 is 9.84 Å². The lowest BCUT2D eigenvalue weighted by atomic mass is 10.5. The van der Waals surface area contributed by atoms with Crippen LogP contribution in [0.3, 0.4) is 0 Å². The second kappa shape index (κ2) is 2.46. The van der Waals surface area contributed by atoms with Crippen molar-refractivity contribution in [3.05, 3.63) is 35.7 Å². The molecule has 0 unspecified atom stereocenters. The van der Waals surface area contributed by atoms with Gasteiger partial charge >= 0.3 is 11.0 Å². The van der Waals surface area contributed by atoms with Crippen LogP contribution in [0.5, 0.6) is 0 Å². The van der Waals surface area contributed by atoms with Gasteiger partial charge in [0.1, 0.15) is 5.41 Å². The van der Waals surface area contributed by atoms with Gasteiger partial charge in [-0.15, -0.1) is 0 Å². The zero-order chi connectivity index (χ0) is 9.47. The minimum absolute atomic E-state index is 0.00667. The summed E-state index contributed by atoms with van der Waals surface area (Å²) in [6, 6.07) is 4.55. The van der Waals surface area contributed by atoms with Gasteiger partial charge in [-0.2, -0.15) is 4.84 Å². The molecule has 0 bridgehead atoms. The summed E-state index contributed by atoms with van der Waals surface area (Å²) in [5.41, 5.74) is 0. The number of aliphatic hydroxyl groups is 1. The van der Waals surface area contributed by atoms with Gasteiger partial charge in [-0.05, 0) is 6.07 Å². The second-order valence-electron chi connectivity index (χ2n) is 2.46. The van der Waals surface area contributed by atoms with Crippen LogP contribution >= 0.6 is 0 Å². The summed E-state index contributed by atoms with van der Waals surface area (Å²) < 4.78 is 23.7. The van der Waals surface area contributed by atoms with Gasteiger partial charge in [0.2, 0.25) is 6.20 Å². The Kier molecular flexibility index (Phi) is 1.53. The van der Waals surface area contributed by atoms with Gasteiger partial charge in [-0.25, -0.2) is 8.42 Å². The summed E-state index contributed by atoms with van der Waals surface area (Å²) >= 11 is 0. The molecule has 0 fully saturated rings. The van der Waals surface area contributed by atoms with Crippen molar-refractivity contribution in [2.75, 3.05) is 0 Å². The highest BCUT2D eigenvalue weighted by molar-refractivity contribution is 7.94. The minimum Gasteiger partial charge on any atom is -0.476 e. The molecule has 1 aromatic heterocycles. The predicted octanol–water partition coefficient (Wildman–Crippen LogP) is -0.453. The Morgan fingerprint density at radius 1 is 1.38 bits per heavy atom. The van der Waals surface area contributed by atoms with Crippen LogP contribution in [0.2, 0.25) is 0 Å². The zero-order valence-corrected chi connectivity index (χ0v) is 7.23. The minimum atomic E-state index is -3.57. The third-order valence-corrected chi connectivity index (χ3v) is 2.94. The molecule has 0 spiro atoms. The Labute approximate surface area is 74.4 Å². The van der Waals surface area contributed by atoms with Crippen LogP contribution in [0.1, 0.15) is 0 Å². The smallest absolute Gasteiger partial charge is 0.366 e. The molecule has 1 aliphatic heterocycles. The van der Waals surface area contributed by atoms with Crippen molar-refractivity contribution in [1.29, 1.82) is 0 Å². The monoisotopic (exact) mass is 200 g/mol. The van der Waals surface area contributed by atoms with Crippen molar-refractivity contribution in [2.24, 2.45) is 0 Å². The topological polar surface area (TPSA) is 67.5 Å². The molecule has 68 valence electrons. The van der Waals surface area contributed by atoms with Crippen LogP contribution in [-0.2, 0) is 9.84 Å². The van der Waals surface area contributed by atoms with Crippen LogP contribution in [0.15, 0.2) is 40.8 Å². The summed E-state index contributed by atoms with van der Waals surface area (Å²) in [6.45, 7) is 0. The number of hydrogen-bond donors (Lipinski definition) is 1. The predicted molar refractivity (Wildman–Crippen MR) is 41.1 cm³/mol. The Balaban J connectivity index is 2.73. The third kappa shape index (κ3) is 1.25. The molecule has 6 heteroatoms. The maximum absolute atomic E-state index is 11.3. The van der Waals surface area contributed by atoms with E-state index in [9.17, 15) is 8.42 Å². The van der Waals surface area contributed by atoms with Crippen LogP contribution in [0.25, 0.3) is 0 Å². The van der Waals surface area contributed by atoms with Gasteiger partial charge in [0.25, 0.3) is 9.84 Å². The molecule has 1 N–H and O–H groups in total. The number of hydrogen-bond acceptors (Lipinski definition) is 4. The molecule has 0 aromatic carbocycles. The number of sulfone groups is 1. The molecule has 2 heterocycles. The van der Waals surface area contributed by atoms with Gasteiger partial charge in [0, 0.05) is 16.9 Å². The van der Waals surface area contributed by atoms with Gasteiger partial charge in [-0.3, -0.25) is 0 Å². The fourth-order valence-electron chi connectivity index (χ4n) is 1.02. The normalized spacial score (nSPS) is 18.3. The average molecular weight is 200 g/mol. The molecule has 1 aliphatic rings. The highest BCUT2D eigenvalue weighted by Crippen LogP contribution is 2.11. The molecule has 1 aromatic rings. The maximum Gasteiger partial charge on any atom is 0.366 e. The maximum atomic E-state index is 11.3. The Morgan fingerprint density at radius 3 is 2.92 bits per heavy atom. The van der Waals surface area contributed by atoms with Crippen LogP contribution in [0, 0.1) is 0 Å². The molecular formula is C7H6NO4S+. The molecular weight excluding hydrogens is 194 g/mol. The fraction of sp³-hybridized carbons (Fsp3) is 0. The number of pyridine rings is 1. The molecule has 0 atom stereocenters. The molecule has 0 saturated heterocycles. The summed E-state index contributed by atoms with van der Waals surface area (Å²) in [4.78, 5) is 4.72. The van der Waals surface area contributed by atoms with Crippen LogP contribution < -0.4 is 9.57 Å². The summed E-state index contributed by atoms with van der Waals surface area (Å²) in [5, 5.41) is 9.59. The van der Waals surface area contributed by atoms with Crippen molar-refractivity contribution in [3.63, 3.8) is 0 Å². The number of aromatic nitrogens is 1. The van der Waals surface area contributed by atoms with E-state index in [4.69, 9.17) is 9.94 Å².